The maximum Gasteiger partial charge on any atom is 0.293 e. The van der Waals surface area contributed by atoms with Crippen LogP contribution >= 0.6 is 11.3 Å². The van der Waals surface area contributed by atoms with Crippen molar-refractivity contribution in [1.29, 1.82) is 0 Å². The van der Waals surface area contributed by atoms with Crippen LogP contribution in [-0.4, -0.2) is 36.2 Å². The summed E-state index contributed by atoms with van der Waals surface area (Å²) in [7, 11) is 3.94. The highest BCUT2D eigenvalue weighted by Crippen LogP contribution is 2.28. The molecule has 1 aromatic carbocycles. The molecule has 0 saturated carbocycles. The van der Waals surface area contributed by atoms with E-state index in [-0.39, 0.29) is 17.5 Å². The SMILES string of the molecule is CC(=O)c1ccc(NCC(c2cccs2)N(C)C)c([N+](=O)[O-])c1. The lowest BCUT2D eigenvalue weighted by molar-refractivity contribution is -0.384. The molecule has 2 rings (SSSR count). The molecular formula is C16H19N3O3S. The largest absolute Gasteiger partial charge is 0.378 e. The number of carbonyl (C=O) groups excluding carboxylic acids is 1. The number of benzene rings is 1. The Morgan fingerprint density at radius 3 is 2.65 bits per heavy atom. The quantitative estimate of drug-likeness (QED) is 0.476. The number of hydrogen-bond acceptors (Lipinski definition) is 6. The molecule has 1 heterocycles. The molecule has 23 heavy (non-hydrogen) atoms. The minimum Gasteiger partial charge on any atom is -0.378 e. The second-order valence-electron chi connectivity index (χ2n) is 5.42. The summed E-state index contributed by atoms with van der Waals surface area (Å²) >= 11 is 1.65. The fourth-order valence-corrected chi connectivity index (χ4v) is 3.20. The highest BCUT2D eigenvalue weighted by Gasteiger charge is 2.19. The Labute approximate surface area is 138 Å². The van der Waals surface area contributed by atoms with Crippen molar-refractivity contribution in [3.8, 4) is 0 Å². The van der Waals surface area contributed by atoms with E-state index in [0.717, 1.165) is 0 Å². The predicted octanol–water partition coefficient (Wildman–Crippen LogP) is 3.57. The number of thiophene rings is 1. The minimum atomic E-state index is -0.468. The first-order valence-corrected chi connectivity index (χ1v) is 8.01. The fraction of sp³-hybridized carbons (Fsp3) is 0.312. The van der Waals surface area contributed by atoms with Crippen LogP contribution in [0.2, 0.25) is 0 Å². The molecule has 0 aliphatic carbocycles. The van der Waals surface area contributed by atoms with Crippen molar-refractivity contribution in [2.24, 2.45) is 0 Å². The summed E-state index contributed by atoms with van der Waals surface area (Å²) in [6.07, 6.45) is 0. The normalized spacial score (nSPS) is 12.2. The number of nitro groups is 1. The lowest BCUT2D eigenvalue weighted by Crippen LogP contribution is -2.26. The smallest absolute Gasteiger partial charge is 0.293 e. The number of nitro benzene ring substituents is 1. The van der Waals surface area contributed by atoms with Gasteiger partial charge in [0.15, 0.2) is 5.78 Å². The van der Waals surface area contributed by atoms with Gasteiger partial charge in [0.05, 0.1) is 11.0 Å². The highest BCUT2D eigenvalue weighted by molar-refractivity contribution is 7.10. The van der Waals surface area contributed by atoms with Gasteiger partial charge in [0.2, 0.25) is 0 Å². The number of rotatable bonds is 7. The van der Waals surface area contributed by atoms with E-state index in [1.165, 1.54) is 17.9 Å². The number of ketones is 1. The molecule has 6 nitrogen and oxygen atoms in total. The van der Waals surface area contributed by atoms with E-state index in [2.05, 4.69) is 10.2 Å². The van der Waals surface area contributed by atoms with Gasteiger partial charge in [-0.25, -0.2) is 0 Å². The van der Waals surface area contributed by atoms with Crippen LogP contribution in [0.25, 0.3) is 0 Å². The molecular weight excluding hydrogens is 314 g/mol. The fourth-order valence-electron chi connectivity index (χ4n) is 2.28. The molecule has 2 aromatic rings. The summed E-state index contributed by atoms with van der Waals surface area (Å²) in [5, 5.41) is 16.4. The van der Waals surface area contributed by atoms with Gasteiger partial charge in [0.1, 0.15) is 5.69 Å². The summed E-state index contributed by atoms with van der Waals surface area (Å²) < 4.78 is 0. The average molecular weight is 333 g/mol. The van der Waals surface area contributed by atoms with Crippen LogP contribution < -0.4 is 5.32 Å². The zero-order valence-corrected chi connectivity index (χ0v) is 14.1. The minimum absolute atomic E-state index is 0.0821. The Bertz CT molecular complexity index is 699. The second kappa shape index (κ2) is 7.34. The van der Waals surface area contributed by atoms with E-state index < -0.39 is 4.92 Å². The number of nitrogens with zero attached hydrogens (tertiary/aromatic N) is 2. The van der Waals surface area contributed by atoms with E-state index in [1.807, 2.05) is 31.6 Å². The van der Waals surface area contributed by atoms with Crippen LogP contribution in [0.1, 0.15) is 28.2 Å². The molecule has 122 valence electrons. The van der Waals surface area contributed by atoms with Crippen molar-refractivity contribution >= 4 is 28.5 Å². The van der Waals surface area contributed by atoms with E-state index in [9.17, 15) is 14.9 Å². The molecule has 0 aliphatic heterocycles. The topological polar surface area (TPSA) is 75.5 Å². The third-order valence-electron chi connectivity index (χ3n) is 3.58. The third-order valence-corrected chi connectivity index (χ3v) is 4.56. The molecule has 1 N–H and O–H groups in total. The van der Waals surface area contributed by atoms with Gasteiger partial charge >= 0.3 is 0 Å². The van der Waals surface area contributed by atoms with Crippen molar-refractivity contribution < 1.29 is 9.72 Å². The van der Waals surface area contributed by atoms with Crippen molar-refractivity contribution in [2.75, 3.05) is 26.0 Å². The molecule has 0 spiro atoms. The van der Waals surface area contributed by atoms with Crippen LogP contribution in [-0.2, 0) is 0 Å². The number of nitrogens with one attached hydrogen (secondary N) is 1. The number of hydrogen-bond donors (Lipinski definition) is 1. The van der Waals surface area contributed by atoms with Gasteiger partial charge in [0, 0.05) is 23.1 Å². The summed E-state index contributed by atoms with van der Waals surface area (Å²) in [5.74, 6) is -0.190. The predicted molar refractivity (Wildman–Crippen MR) is 92.3 cm³/mol. The third kappa shape index (κ3) is 4.14. The van der Waals surface area contributed by atoms with Gasteiger partial charge in [0.25, 0.3) is 5.69 Å². The lowest BCUT2D eigenvalue weighted by Gasteiger charge is -2.24. The molecule has 0 amide bonds. The Kier molecular flexibility index (Phi) is 5.46. The van der Waals surface area contributed by atoms with Crippen LogP contribution in [0.5, 0.6) is 0 Å². The van der Waals surface area contributed by atoms with Gasteiger partial charge in [-0.2, -0.15) is 0 Å². The molecule has 1 aromatic heterocycles. The first-order valence-electron chi connectivity index (χ1n) is 7.13. The maximum absolute atomic E-state index is 11.4. The van der Waals surface area contributed by atoms with Crippen molar-refractivity contribution in [2.45, 2.75) is 13.0 Å². The van der Waals surface area contributed by atoms with Gasteiger partial charge in [-0.1, -0.05) is 6.07 Å². The molecule has 0 saturated heterocycles. The average Bonchev–Trinajstić information content (AvgIpc) is 3.00. The Morgan fingerprint density at radius 2 is 2.13 bits per heavy atom. The molecule has 0 aliphatic rings. The summed E-state index contributed by atoms with van der Waals surface area (Å²) in [6, 6.07) is 8.66. The van der Waals surface area contributed by atoms with Crippen LogP contribution in [0, 0.1) is 10.1 Å². The summed E-state index contributed by atoms with van der Waals surface area (Å²) in [5.41, 5.74) is 0.675. The van der Waals surface area contributed by atoms with E-state index in [4.69, 9.17) is 0 Å². The standard InChI is InChI=1S/C16H19N3O3S/c1-11(20)12-6-7-13(14(9-12)19(21)22)17-10-15(18(2)3)16-5-4-8-23-16/h4-9,15,17H,10H2,1-3H3. The van der Waals surface area contributed by atoms with E-state index >= 15 is 0 Å². The van der Waals surface area contributed by atoms with Gasteiger partial charge in [-0.3, -0.25) is 14.9 Å². The zero-order chi connectivity index (χ0) is 17.0. The lowest BCUT2D eigenvalue weighted by atomic mass is 10.1. The van der Waals surface area contributed by atoms with Gasteiger partial charge in [-0.05, 0) is 44.6 Å². The number of anilines is 1. The monoisotopic (exact) mass is 333 g/mol. The molecule has 0 bridgehead atoms. The number of carbonyl (C=O) groups is 1. The van der Waals surface area contributed by atoms with Gasteiger partial charge in [-0.15, -0.1) is 11.3 Å². The maximum atomic E-state index is 11.4. The summed E-state index contributed by atoms with van der Waals surface area (Å²) in [4.78, 5) is 25.4. The van der Waals surface area contributed by atoms with E-state index in [1.54, 1.807) is 23.5 Å². The van der Waals surface area contributed by atoms with Crippen LogP contribution in [0.4, 0.5) is 11.4 Å². The molecule has 1 unspecified atom stereocenters. The van der Waals surface area contributed by atoms with Crippen molar-refractivity contribution in [1.82, 2.24) is 4.90 Å². The van der Waals surface area contributed by atoms with E-state index in [0.29, 0.717) is 17.8 Å². The Balaban J connectivity index is 2.22. The van der Waals surface area contributed by atoms with Gasteiger partial charge < -0.3 is 10.2 Å². The van der Waals surface area contributed by atoms with Crippen molar-refractivity contribution in [3.63, 3.8) is 0 Å². The van der Waals surface area contributed by atoms with Crippen LogP contribution in [0.3, 0.4) is 0 Å². The highest BCUT2D eigenvalue weighted by atomic mass is 32.1. The molecule has 0 radical (unpaired) electrons. The molecule has 7 heteroatoms. The molecule has 1 atom stereocenters. The summed E-state index contributed by atoms with van der Waals surface area (Å²) in [6.45, 7) is 1.93. The zero-order valence-electron chi connectivity index (χ0n) is 13.3. The first kappa shape index (κ1) is 17.1. The number of Topliss-reactive ketones (excluding diaryl/α,β-unsaturated/α-hetero) is 1. The molecule has 0 fully saturated rings. The Hall–Kier alpha value is -2.25. The Morgan fingerprint density at radius 1 is 1.39 bits per heavy atom. The van der Waals surface area contributed by atoms with Crippen LogP contribution in [0.15, 0.2) is 35.7 Å². The first-order chi connectivity index (χ1) is 10.9. The van der Waals surface area contributed by atoms with Crippen molar-refractivity contribution in [3.05, 3.63) is 56.3 Å². The second-order valence-corrected chi connectivity index (χ2v) is 6.40. The number of likely N-dealkylation sites (N-methyl/N-ethyl adjacent to an activating group) is 1.